The Morgan fingerprint density at radius 2 is 1.42 bits per heavy atom. The van der Waals surface area contributed by atoms with Crippen molar-refractivity contribution in [3.05, 3.63) is 72.3 Å². The molecule has 0 aliphatic heterocycles. The van der Waals surface area contributed by atoms with Crippen LogP contribution in [0.25, 0.3) is 27.5 Å². The molecule has 4 aromatic rings. The van der Waals surface area contributed by atoms with Crippen molar-refractivity contribution >= 4 is 21.8 Å². The number of hydrogen-bond donors (Lipinski definition) is 1. The minimum atomic E-state index is 0.137. The molecule has 24 heavy (non-hydrogen) atoms. The first-order valence-corrected chi connectivity index (χ1v) is 8.29. The summed E-state index contributed by atoms with van der Waals surface area (Å²) in [7, 11) is 0. The lowest BCUT2D eigenvalue weighted by Crippen LogP contribution is -2.10. The minimum absolute atomic E-state index is 0.137. The van der Waals surface area contributed by atoms with Crippen molar-refractivity contribution in [1.82, 2.24) is 4.57 Å². The quantitative estimate of drug-likeness (QED) is 0.473. The van der Waals surface area contributed by atoms with Crippen LogP contribution in [0.15, 0.2) is 66.7 Å². The molecule has 0 atom stereocenters. The van der Waals surface area contributed by atoms with Crippen molar-refractivity contribution in [2.45, 2.75) is 26.2 Å². The molecule has 0 bridgehead atoms. The molecule has 1 heterocycles. The summed E-state index contributed by atoms with van der Waals surface area (Å²) in [5.74, 6) is 0.328. The Hall–Kier alpha value is -2.74. The van der Waals surface area contributed by atoms with E-state index in [1.165, 1.54) is 5.56 Å². The molecule has 0 aliphatic rings. The molecule has 0 saturated heterocycles. The SMILES string of the molecule is CC(C)(C)c1ccc(-n2c3ccccc3c3c(O)cccc32)cc1. The van der Waals surface area contributed by atoms with Crippen molar-refractivity contribution < 1.29 is 5.11 Å². The number of phenolic OH excluding ortho intramolecular Hbond substituents is 1. The summed E-state index contributed by atoms with van der Waals surface area (Å²) in [5.41, 5.74) is 4.70. The van der Waals surface area contributed by atoms with Crippen LogP contribution in [-0.2, 0) is 5.41 Å². The van der Waals surface area contributed by atoms with Crippen molar-refractivity contribution in [2.24, 2.45) is 0 Å². The number of fused-ring (bicyclic) bond motifs is 3. The summed E-state index contributed by atoms with van der Waals surface area (Å²) < 4.78 is 2.22. The number of aromatic nitrogens is 1. The summed E-state index contributed by atoms with van der Waals surface area (Å²) in [5, 5.41) is 12.4. The fourth-order valence-corrected chi connectivity index (χ4v) is 3.39. The Kier molecular flexibility index (Phi) is 3.17. The first-order chi connectivity index (χ1) is 11.5. The number of phenols is 1. The topological polar surface area (TPSA) is 25.2 Å². The van der Waals surface area contributed by atoms with E-state index in [0.717, 1.165) is 27.5 Å². The third-order valence-electron chi connectivity index (χ3n) is 4.67. The maximum absolute atomic E-state index is 10.4. The van der Waals surface area contributed by atoms with Crippen LogP contribution in [0.2, 0.25) is 0 Å². The van der Waals surface area contributed by atoms with Crippen LogP contribution in [-0.4, -0.2) is 9.67 Å². The highest BCUT2D eigenvalue weighted by molar-refractivity contribution is 6.12. The number of hydrogen-bond acceptors (Lipinski definition) is 1. The fraction of sp³-hybridized carbons (Fsp3) is 0.182. The van der Waals surface area contributed by atoms with Gasteiger partial charge in [0, 0.05) is 16.5 Å². The molecule has 0 amide bonds. The third-order valence-corrected chi connectivity index (χ3v) is 4.67. The van der Waals surface area contributed by atoms with Crippen molar-refractivity contribution in [2.75, 3.05) is 0 Å². The van der Waals surface area contributed by atoms with E-state index in [1.807, 2.05) is 18.2 Å². The van der Waals surface area contributed by atoms with Crippen molar-refractivity contribution in [3.8, 4) is 11.4 Å². The van der Waals surface area contributed by atoms with Crippen LogP contribution in [0, 0.1) is 0 Å². The highest BCUT2D eigenvalue weighted by Crippen LogP contribution is 2.37. The predicted molar refractivity (Wildman–Crippen MR) is 101 cm³/mol. The lowest BCUT2D eigenvalue weighted by atomic mass is 9.87. The van der Waals surface area contributed by atoms with Gasteiger partial charge in [-0.15, -0.1) is 0 Å². The Labute approximate surface area is 142 Å². The largest absolute Gasteiger partial charge is 0.507 e. The van der Waals surface area contributed by atoms with E-state index in [2.05, 4.69) is 67.8 Å². The molecule has 0 aliphatic carbocycles. The van der Waals surface area contributed by atoms with E-state index in [-0.39, 0.29) is 5.41 Å². The summed E-state index contributed by atoms with van der Waals surface area (Å²) in [4.78, 5) is 0. The first kappa shape index (κ1) is 14.8. The van der Waals surface area contributed by atoms with Crippen LogP contribution in [0.5, 0.6) is 5.75 Å². The maximum Gasteiger partial charge on any atom is 0.125 e. The van der Waals surface area contributed by atoms with Gasteiger partial charge in [-0.3, -0.25) is 0 Å². The van der Waals surface area contributed by atoms with Gasteiger partial charge in [-0.05, 0) is 41.3 Å². The fourth-order valence-electron chi connectivity index (χ4n) is 3.39. The van der Waals surface area contributed by atoms with E-state index in [1.54, 1.807) is 6.07 Å². The Bertz CT molecular complexity index is 1030. The van der Waals surface area contributed by atoms with Crippen LogP contribution in [0.4, 0.5) is 0 Å². The van der Waals surface area contributed by atoms with Crippen LogP contribution >= 0.6 is 0 Å². The second kappa shape index (κ2) is 5.13. The molecule has 0 spiro atoms. The summed E-state index contributed by atoms with van der Waals surface area (Å²) in [6.45, 7) is 6.67. The smallest absolute Gasteiger partial charge is 0.125 e. The normalized spacial score (nSPS) is 12.1. The molecular formula is C22H21NO. The maximum atomic E-state index is 10.4. The summed E-state index contributed by atoms with van der Waals surface area (Å²) >= 11 is 0. The molecular weight excluding hydrogens is 294 g/mol. The van der Waals surface area contributed by atoms with Gasteiger partial charge in [0.25, 0.3) is 0 Å². The van der Waals surface area contributed by atoms with Crippen LogP contribution in [0.3, 0.4) is 0 Å². The van der Waals surface area contributed by atoms with Gasteiger partial charge in [0.05, 0.1) is 11.0 Å². The Morgan fingerprint density at radius 3 is 2.12 bits per heavy atom. The van der Waals surface area contributed by atoms with Gasteiger partial charge in [-0.25, -0.2) is 0 Å². The average Bonchev–Trinajstić information content (AvgIpc) is 2.90. The number of nitrogens with zero attached hydrogens (tertiary/aromatic N) is 1. The third kappa shape index (κ3) is 2.18. The lowest BCUT2D eigenvalue weighted by molar-refractivity contribution is 0.482. The summed E-state index contributed by atoms with van der Waals surface area (Å²) in [6.07, 6.45) is 0. The molecule has 4 rings (SSSR count). The molecule has 2 nitrogen and oxygen atoms in total. The zero-order valence-corrected chi connectivity index (χ0v) is 14.2. The second-order valence-electron chi connectivity index (χ2n) is 7.32. The number of para-hydroxylation sites is 1. The van der Waals surface area contributed by atoms with Crippen LogP contribution in [0.1, 0.15) is 26.3 Å². The molecule has 1 N–H and O–H groups in total. The van der Waals surface area contributed by atoms with E-state index in [4.69, 9.17) is 0 Å². The molecule has 0 radical (unpaired) electrons. The number of benzene rings is 3. The van der Waals surface area contributed by atoms with Crippen LogP contribution < -0.4 is 0 Å². The molecule has 0 fully saturated rings. The zero-order valence-electron chi connectivity index (χ0n) is 14.2. The van der Waals surface area contributed by atoms with Gasteiger partial charge in [0.2, 0.25) is 0 Å². The highest BCUT2D eigenvalue weighted by atomic mass is 16.3. The Morgan fingerprint density at radius 1 is 0.750 bits per heavy atom. The first-order valence-electron chi connectivity index (χ1n) is 8.29. The number of aromatic hydroxyl groups is 1. The average molecular weight is 315 g/mol. The van der Waals surface area contributed by atoms with Gasteiger partial charge < -0.3 is 9.67 Å². The summed E-state index contributed by atoms with van der Waals surface area (Å²) in [6, 6.07) is 22.7. The van der Waals surface area contributed by atoms with Gasteiger partial charge in [-0.2, -0.15) is 0 Å². The van der Waals surface area contributed by atoms with Crippen molar-refractivity contribution in [3.63, 3.8) is 0 Å². The monoisotopic (exact) mass is 315 g/mol. The van der Waals surface area contributed by atoms with E-state index >= 15 is 0 Å². The minimum Gasteiger partial charge on any atom is -0.507 e. The van der Waals surface area contributed by atoms with E-state index in [9.17, 15) is 5.11 Å². The molecule has 3 aromatic carbocycles. The Balaban J connectivity index is 2.04. The second-order valence-corrected chi connectivity index (χ2v) is 7.32. The van der Waals surface area contributed by atoms with Gasteiger partial charge in [0.1, 0.15) is 5.75 Å². The van der Waals surface area contributed by atoms with E-state index in [0.29, 0.717) is 5.75 Å². The van der Waals surface area contributed by atoms with Crippen molar-refractivity contribution in [1.29, 1.82) is 0 Å². The molecule has 0 unspecified atom stereocenters. The predicted octanol–water partition coefficient (Wildman–Crippen LogP) is 5.79. The van der Waals surface area contributed by atoms with E-state index < -0.39 is 0 Å². The highest BCUT2D eigenvalue weighted by Gasteiger charge is 2.16. The lowest BCUT2D eigenvalue weighted by Gasteiger charge is -2.19. The van der Waals surface area contributed by atoms with Gasteiger partial charge in [0.15, 0.2) is 0 Å². The molecule has 120 valence electrons. The van der Waals surface area contributed by atoms with Gasteiger partial charge >= 0.3 is 0 Å². The van der Waals surface area contributed by atoms with Gasteiger partial charge in [-0.1, -0.05) is 57.2 Å². The molecule has 1 aromatic heterocycles. The molecule has 0 saturated carbocycles. The standard InChI is InChI=1S/C22H21NO/c1-22(2,3)15-11-13-16(14-12-15)23-18-8-5-4-7-17(18)21-19(23)9-6-10-20(21)24/h4-14,24H,1-3H3. The number of rotatable bonds is 1. The molecule has 2 heteroatoms. The zero-order chi connectivity index (χ0) is 16.9.